The summed E-state index contributed by atoms with van der Waals surface area (Å²) in [7, 11) is 1.80. The summed E-state index contributed by atoms with van der Waals surface area (Å²) in [5.41, 5.74) is 1.35. The predicted octanol–water partition coefficient (Wildman–Crippen LogP) is 3.76. The fraction of sp³-hybridized carbons (Fsp3) is 0.526. The van der Waals surface area contributed by atoms with Crippen LogP contribution in [-0.2, 0) is 13.0 Å². The van der Waals surface area contributed by atoms with Crippen molar-refractivity contribution in [3.8, 4) is 0 Å². The highest BCUT2D eigenvalue weighted by atomic mass is 127. The second kappa shape index (κ2) is 12.2. The van der Waals surface area contributed by atoms with E-state index in [-0.39, 0.29) is 29.4 Å². The van der Waals surface area contributed by atoms with Gasteiger partial charge in [0, 0.05) is 31.7 Å². The number of rotatable bonds is 9. The number of halogens is 2. The lowest BCUT2D eigenvalue weighted by Crippen LogP contribution is -2.43. The molecule has 27 heavy (non-hydrogen) atoms. The first-order valence-electron chi connectivity index (χ1n) is 9.00. The van der Waals surface area contributed by atoms with E-state index in [0.29, 0.717) is 0 Å². The maximum atomic E-state index is 6.09. The molecule has 1 heterocycles. The molecule has 0 radical (unpaired) electrons. The van der Waals surface area contributed by atoms with Gasteiger partial charge in [-0.15, -0.1) is 34.2 Å². The Bertz CT molecular complexity index is 687. The smallest absolute Gasteiger partial charge is 0.190 e. The number of hydrogen-bond acceptors (Lipinski definition) is 3. The quantitative estimate of drug-likeness (QED) is 0.236. The van der Waals surface area contributed by atoms with Gasteiger partial charge in [-0.05, 0) is 42.4 Å². The molecular formula is C19H30ClIN6. The van der Waals surface area contributed by atoms with Crippen molar-refractivity contribution in [1.29, 1.82) is 0 Å². The average molecular weight is 505 g/mol. The van der Waals surface area contributed by atoms with Gasteiger partial charge in [0.05, 0.1) is 0 Å². The normalized spacial score (nSPS) is 11.8. The third-order valence-corrected chi connectivity index (χ3v) is 4.37. The van der Waals surface area contributed by atoms with Gasteiger partial charge < -0.3 is 15.2 Å². The number of guanidine groups is 1. The fourth-order valence-corrected chi connectivity index (χ4v) is 2.98. The lowest BCUT2D eigenvalue weighted by molar-refractivity contribution is 0.359. The molecule has 0 unspecified atom stereocenters. The van der Waals surface area contributed by atoms with E-state index in [9.17, 15) is 0 Å². The summed E-state index contributed by atoms with van der Waals surface area (Å²) in [5, 5.41) is 15.2. The molecule has 1 aromatic heterocycles. The zero-order chi connectivity index (χ0) is 18.8. The molecule has 150 valence electrons. The highest BCUT2D eigenvalue weighted by molar-refractivity contribution is 14.0. The number of unbranched alkanes of at least 4 members (excludes halogenated alkanes) is 1. The Morgan fingerprint density at radius 2 is 1.93 bits per heavy atom. The lowest BCUT2D eigenvalue weighted by Gasteiger charge is -2.26. The van der Waals surface area contributed by atoms with Crippen LogP contribution in [0.25, 0.3) is 0 Å². The number of benzene rings is 1. The van der Waals surface area contributed by atoms with E-state index in [1.165, 1.54) is 5.56 Å². The molecular weight excluding hydrogens is 475 g/mol. The van der Waals surface area contributed by atoms with E-state index in [0.717, 1.165) is 49.9 Å². The van der Waals surface area contributed by atoms with Crippen molar-refractivity contribution in [2.45, 2.75) is 39.7 Å². The Morgan fingerprint density at radius 3 is 2.59 bits per heavy atom. The molecule has 0 spiro atoms. The summed E-state index contributed by atoms with van der Waals surface area (Å²) in [6.07, 6.45) is 6.58. The number of aryl methyl sites for hydroxylation is 1. The first-order valence-corrected chi connectivity index (χ1v) is 9.38. The minimum Gasteiger partial charge on any atom is -0.356 e. The van der Waals surface area contributed by atoms with Gasteiger partial charge in [0.1, 0.15) is 12.7 Å². The van der Waals surface area contributed by atoms with Gasteiger partial charge in [0.15, 0.2) is 5.96 Å². The Kier molecular flexibility index (Phi) is 10.7. The largest absolute Gasteiger partial charge is 0.356 e. The molecule has 0 aliphatic carbocycles. The summed E-state index contributed by atoms with van der Waals surface area (Å²) in [6.45, 7) is 7.14. The topological polar surface area (TPSA) is 67.1 Å². The number of aliphatic imine (C=N–C) groups is 1. The van der Waals surface area contributed by atoms with Crippen molar-refractivity contribution in [1.82, 2.24) is 25.4 Å². The second-order valence-electron chi connectivity index (χ2n) is 7.23. The van der Waals surface area contributed by atoms with Gasteiger partial charge in [-0.3, -0.25) is 4.99 Å². The molecule has 2 N–H and O–H groups in total. The fourth-order valence-electron chi connectivity index (χ4n) is 2.77. The van der Waals surface area contributed by atoms with E-state index in [2.05, 4.69) is 45.7 Å². The molecule has 1 aromatic carbocycles. The van der Waals surface area contributed by atoms with Crippen LogP contribution in [0.1, 0.15) is 32.3 Å². The van der Waals surface area contributed by atoms with E-state index in [1.807, 2.05) is 22.8 Å². The van der Waals surface area contributed by atoms with Crippen molar-refractivity contribution in [2.24, 2.45) is 10.4 Å². The standard InChI is InChI=1S/C19H29ClN6.HI/c1-19(2,12-16-7-6-8-17(20)11-16)13-23-18(21-3)22-9-4-5-10-26-14-24-25-15-26;/h6-8,11,14-15H,4-5,9-10,12-13H2,1-3H3,(H2,21,22,23);1H. The third kappa shape index (κ3) is 9.41. The van der Waals surface area contributed by atoms with E-state index < -0.39 is 0 Å². The molecule has 0 saturated heterocycles. The molecule has 0 atom stereocenters. The highest BCUT2D eigenvalue weighted by Gasteiger charge is 2.19. The minimum absolute atomic E-state index is 0. The number of nitrogens with one attached hydrogen (secondary N) is 2. The zero-order valence-electron chi connectivity index (χ0n) is 16.3. The van der Waals surface area contributed by atoms with Crippen LogP contribution in [0.4, 0.5) is 0 Å². The van der Waals surface area contributed by atoms with Gasteiger partial charge >= 0.3 is 0 Å². The van der Waals surface area contributed by atoms with Crippen LogP contribution in [0, 0.1) is 5.41 Å². The van der Waals surface area contributed by atoms with Gasteiger partial charge in [-0.2, -0.15) is 0 Å². The van der Waals surface area contributed by atoms with E-state index >= 15 is 0 Å². The maximum Gasteiger partial charge on any atom is 0.190 e. The molecule has 6 nitrogen and oxygen atoms in total. The lowest BCUT2D eigenvalue weighted by atomic mass is 9.86. The minimum atomic E-state index is 0. The Hall–Kier alpha value is -1.35. The van der Waals surface area contributed by atoms with Gasteiger partial charge in [-0.25, -0.2) is 0 Å². The Balaban J connectivity index is 0.00000364. The number of hydrogen-bond donors (Lipinski definition) is 2. The van der Waals surface area contributed by atoms with Crippen LogP contribution in [0.2, 0.25) is 5.02 Å². The summed E-state index contributed by atoms with van der Waals surface area (Å²) in [4.78, 5) is 4.31. The monoisotopic (exact) mass is 504 g/mol. The van der Waals surface area contributed by atoms with Gasteiger partial charge in [-0.1, -0.05) is 37.6 Å². The molecule has 0 aliphatic rings. The van der Waals surface area contributed by atoms with Gasteiger partial charge in [0.2, 0.25) is 0 Å². The maximum absolute atomic E-state index is 6.09. The third-order valence-electron chi connectivity index (χ3n) is 4.13. The number of nitrogens with zero attached hydrogens (tertiary/aromatic N) is 4. The summed E-state index contributed by atoms with van der Waals surface area (Å²) >= 11 is 6.09. The van der Waals surface area contributed by atoms with Crippen molar-refractivity contribution in [3.63, 3.8) is 0 Å². The average Bonchev–Trinajstić information content (AvgIpc) is 3.10. The van der Waals surface area contributed by atoms with Crippen LogP contribution >= 0.6 is 35.6 Å². The second-order valence-corrected chi connectivity index (χ2v) is 7.67. The van der Waals surface area contributed by atoms with Crippen LogP contribution in [0.5, 0.6) is 0 Å². The van der Waals surface area contributed by atoms with Crippen molar-refractivity contribution >= 4 is 41.5 Å². The molecule has 8 heteroatoms. The highest BCUT2D eigenvalue weighted by Crippen LogP contribution is 2.22. The zero-order valence-corrected chi connectivity index (χ0v) is 19.4. The van der Waals surface area contributed by atoms with Crippen molar-refractivity contribution < 1.29 is 0 Å². The first kappa shape index (κ1) is 23.7. The Morgan fingerprint density at radius 1 is 1.19 bits per heavy atom. The molecule has 0 bridgehead atoms. The summed E-state index contributed by atoms with van der Waals surface area (Å²) < 4.78 is 1.99. The van der Waals surface area contributed by atoms with Gasteiger partial charge in [0.25, 0.3) is 0 Å². The van der Waals surface area contributed by atoms with Crippen molar-refractivity contribution in [2.75, 3.05) is 20.1 Å². The molecule has 2 rings (SSSR count). The first-order chi connectivity index (χ1) is 12.5. The molecule has 0 saturated carbocycles. The Labute approximate surface area is 184 Å². The number of aromatic nitrogens is 3. The van der Waals surface area contributed by atoms with Crippen LogP contribution in [0.3, 0.4) is 0 Å². The molecule has 0 fully saturated rings. The molecule has 2 aromatic rings. The molecule has 0 aliphatic heterocycles. The summed E-state index contributed by atoms with van der Waals surface area (Å²) in [5.74, 6) is 0.841. The molecule has 0 amide bonds. The predicted molar refractivity (Wildman–Crippen MR) is 123 cm³/mol. The SMILES string of the molecule is CN=C(NCCCCn1cnnc1)NCC(C)(C)Cc1cccc(Cl)c1.I. The van der Waals surface area contributed by atoms with E-state index in [1.54, 1.807) is 19.7 Å². The van der Waals surface area contributed by atoms with Crippen LogP contribution < -0.4 is 10.6 Å². The van der Waals surface area contributed by atoms with Crippen LogP contribution in [-0.4, -0.2) is 40.9 Å². The van der Waals surface area contributed by atoms with Crippen LogP contribution in [0.15, 0.2) is 41.9 Å². The van der Waals surface area contributed by atoms with E-state index in [4.69, 9.17) is 11.6 Å². The summed E-state index contributed by atoms with van der Waals surface area (Å²) in [6, 6.07) is 8.07. The van der Waals surface area contributed by atoms with Crippen molar-refractivity contribution in [3.05, 3.63) is 47.5 Å².